The predicted molar refractivity (Wildman–Crippen MR) is 80.4 cm³/mol. The molecule has 0 aliphatic carbocycles. The number of carboxylic acid groups (broad SMARTS) is 1. The number of aliphatic carboxylic acids is 1. The van der Waals surface area contributed by atoms with Gasteiger partial charge in [-0.05, 0) is 59.2 Å². The smallest absolute Gasteiger partial charge is 0.321 e. The van der Waals surface area contributed by atoms with Crippen LogP contribution in [0.1, 0.15) is 20.3 Å². The molecule has 106 valence electrons. The highest BCUT2D eigenvalue weighted by molar-refractivity contribution is 14.1. The quantitative estimate of drug-likeness (QED) is 0.720. The van der Waals surface area contributed by atoms with Crippen LogP contribution in [-0.2, 0) is 14.8 Å². The molecule has 0 amide bonds. The summed E-state index contributed by atoms with van der Waals surface area (Å²) in [5.74, 6) is -1.08. The van der Waals surface area contributed by atoms with Gasteiger partial charge in [0.05, 0.1) is 4.90 Å². The van der Waals surface area contributed by atoms with Gasteiger partial charge in [-0.25, -0.2) is 8.42 Å². The summed E-state index contributed by atoms with van der Waals surface area (Å²) >= 11 is 2.07. The number of hydrogen-bond acceptors (Lipinski definition) is 3. The average Bonchev–Trinajstić information content (AvgIpc) is 2.27. The van der Waals surface area contributed by atoms with Crippen LogP contribution in [0.5, 0.6) is 0 Å². The fraction of sp³-hybridized carbons (Fsp3) is 0.417. The normalized spacial score (nSPS) is 13.5. The molecule has 0 aliphatic heterocycles. The topological polar surface area (TPSA) is 83.5 Å². The summed E-state index contributed by atoms with van der Waals surface area (Å²) in [7, 11) is -3.80. The maximum Gasteiger partial charge on any atom is 0.321 e. The first-order chi connectivity index (χ1) is 8.72. The molecule has 0 saturated heterocycles. The van der Waals surface area contributed by atoms with Gasteiger partial charge in [-0.2, -0.15) is 4.72 Å². The Labute approximate surface area is 126 Å². The van der Waals surface area contributed by atoms with E-state index in [9.17, 15) is 13.2 Å². The molecule has 1 rings (SSSR count). The highest BCUT2D eigenvalue weighted by Gasteiger charge is 2.25. The Morgan fingerprint density at radius 3 is 2.26 bits per heavy atom. The summed E-state index contributed by atoms with van der Waals surface area (Å²) in [5.41, 5.74) is 0. The number of benzene rings is 1. The van der Waals surface area contributed by atoms with Crippen LogP contribution < -0.4 is 4.72 Å². The molecular weight excluding hydrogens is 381 g/mol. The zero-order valence-corrected chi connectivity index (χ0v) is 13.6. The molecule has 0 bridgehead atoms. The zero-order chi connectivity index (χ0) is 14.6. The summed E-state index contributed by atoms with van der Waals surface area (Å²) in [6.45, 7) is 3.68. The van der Waals surface area contributed by atoms with Gasteiger partial charge in [0, 0.05) is 3.57 Å². The van der Waals surface area contributed by atoms with Gasteiger partial charge in [-0.3, -0.25) is 4.79 Å². The van der Waals surface area contributed by atoms with Gasteiger partial charge in [0.2, 0.25) is 10.0 Å². The van der Waals surface area contributed by atoms with Crippen LogP contribution in [0.4, 0.5) is 0 Å². The van der Waals surface area contributed by atoms with Crippen molar-refractivity contribution in [1.82, 2.24) is 4.72 Å². The van der Waals surface area contributed by atoms with Crippen LogP contribution >= 0.6 is 22.6 Å². The Hall–Kier alpha value is -0.670. The van der Waals surface area contributed by atoms with Crippen molar-refractivity contribution in [3.63, 3.8) is 0 Å². The highest BCUT2D eigenvalue weighted by Crippen LogP contribution is 2.14. The summed E-state index contributed by atoms with van der Waals surface area (Å²) in [5, 5.41) is 9.05. The Kier molecular flexibility index (Phi) is 5.75. The van der Waals surface area contributed by atoms with Crippen molar-refractivity contribution in [2.24, 2.45) is 5.92 Å². The molecule has 5 nitrogen and oxygen atoms in total. The third-order valence-corrected chi connectivity index (χ3v) is 4.63. The molecule has 0 fully saturated rings. The summed E-state index contributed by atoms with van der Waals surface area (Å²) in [6, 6.07) is 5.13. The number of rotatable bonds is 6. The van der Waals surface area contributed by atoms with E-state index in [1.165, 1.54) is 12.1 Å². The van der Waals surface area contributed by atoms with E-state index < -0.39 is 22.0 Å². The van der Waals surface area contributed by atoms with Crippen LogP contribution in [0.3, 0.4) is 0 Å². The number of sulfonamides is 1. The monoisotopic (exact) mass is 397 g/mol. The summed E-state index contributed by atoms with van der Waals surface area (Å²) in [6.07, 6.45) is 0.249. The molecule has 1 aromatic carbocycles. The minimum Gasteiger partial charge on any atom is -0.480 e. The van der Waals surface area contributed by atoms with Gasteiger partial charge in [0.25, 0.3) is 0 Å². The van der Waals surface area contributed by atoms with Crippen LogP contribution in [0.25, 0.3) is 0 Å². The predicted octanol–water partition coefficient (Wildman–Crippen LogP) is 2.07. The molecule has 1 aromatic rings. The SMILES string of the molecule is CC(C)CC(NS(=O)(=O)c1ccc(I)cc1)C(=O)O. The molecule has 0 saturated carbocycles. The molecule has 1 unspecified atom stereocenters. The lowest BCUT2D eigenvalue weighted by atomic mass is 10.1. The number of carboxylic acids is 1. The fourth-order valence-electron chi connectivity index (χ4n) is 1.54. The lowest BCUT2D eigenvalue weighted by Crippen LogP contribution is -2.41. The molecule has 2 N–H and O–H groups in total. The lowest BCUT2D eigenvalue weighted by Gasteiger charge is -2.16. The average molecular weight is 397 g/mol. The molecule has 1 atom stereocenters. The number of hydrogen-bond donors (Lipinski definition) is 2. The van der Waals surface area contributed by atoms with E-state index in [1.807, 2.05) is 13.8 Å². The van der Waals surface area contributed by atoms with Gasteiger partial charge in [0.1, 0.15) is 6.04 Å². The fourth-order valence-corrected chi connectivity index (χ4v) is 3.10. The second kappa shape index (κ2) is 6.67. The Balaban J connectivity index is 2.94. The van der Waals surface area contributed by atoms with E-state index in [1.54, 1.807) is 12.1 Å². The second-order valence-electron chi connectivity index (χ2n) is 4.60. The molecule has 0 aliphatic rings. The third kappa shape index (κ3) is 5.07. The first-order valence-corrected chi connectivity index (χ1v) is 8.29. The maximum absolute atomic E-state index is 12.1. The number of halogens is 1. The zero-order valence-electron chi connectivity index (χ0n) is 10.6. The molecular formula is C12H16INO4S. The molecule has 19 heavy (non-hydrogen) atoms. The van der Waals surface area contributed by atoms with Crippen LogP contribution in [0.2, 0.25) is 0 Å². The third-order valence-electron chi connectivity index (χ3n) is 2.43. The van der Waals surface area contributed by atoms with Gasteiger partial charge in [-0.15, -0.1) is 0 Å². The van der Waals surface area contributed by atoms with E-state index in [4.69, 9.17) is 5.11 Å². The van der Waals surface area contributed by atoms with Gasteiger partial charge >= 0.3 is 5.97 Å². The summed E-state index contributed by atoms with van der Waals surface area (Å²) in [4.78, 5) is 11.1. The highest BCUT2D eigenvalue weighted by atomic mass is 127. The van der Waals surface area contributed by atoms with E-state index in [0.717, 1.165) is 3.57 Å². The van der Waals surface area contributed by atoms with E-state index in [2.05, 4.69) is 27.3 Å². The number of carbonyl (C=O) groups is 1. The number of nitrogens with one attached hydrogen (secondary N) is 1. The Morgan fingerprint density at radius 1 is 1.32 bits per heavy atom. The molecule has 0 radical (unpaired) electrons. The van der Waals surface area contributed by atoms with E-state index in [0.29, 0.717) is 0 Å². The summed E-state index contributed by atoms with van der Waals surface area (Å²) < 4.78 is 27.3. The van der Waals surface area contributed by atoms with Crippen molar-refractivity contribution >= 4 is 38.6 Å². The van der Waals surface area contributed by atoms with Crippen molar-refractivity contribution in [2.75, 3.05) is 0 Å². The second-order valence-corrected chi connectivity index (χ2v) is 7.56. The minimum atomic E-state index is -3.80. The molecule has 0 heterocycles. The lowest BCUT2D eigenvalue weighted by molar-refractivity contribution is -0.139. The van der Waals surface area contributed by atoms with Crippen molar-refractivity contribution < 1.29 is 18.3 Å². The largest absolute Gasteiger partial charge is 0.480 e. The van der Waals surface area contributed by atoms with Crippen molar-refractivity contribution in [3.05, 3.63) is 27.8 Å². The standard InChI is InChI=1S/C12H16INO4S/c1-8(2)7-11(12(15)16)14-19(17,18)10-5-3-9(13)4-6-10/h3-6,8,11,14H,7H2,1-2H3,(H,15,16). The van der Waals surface area contributed by atoms with Crippen LogP contribution in [0, 0.1) is 9.49 Å². The van der Waals surface area contributed by atoms with Crippen LogP contribution in [-0.4, -0.2) is 25.5 Å². The molecule has 0 aromatic heterocycles. The molecule has 0 spiro atoms. The van der Waals surface area contributed by atoms with Crippen molar-refractivity contribution in [1.29, 1.82) is 0 Å². The van der Waals surface area contributed by atoms with Crippen molar-refractivity contribution in [2.45, 2.75) is 31.2 Å². The van der Waals surface area contributed by atoms with Crippen molar-refractivity contribution in [3.8, 4) is 0 Å². The first kappa shape index (κ1) is 16.4. The van der Waals surface area contributed by atoms with Crippen LogP contribution in [0.15, 0.2) is 29.2 Å². The van der Waals surface area contributed by atoms with E-state index >= 15 is 0 Å². The Morgan fingerprint density at radius 2 is 1.84 bits per heavy atom. The maximum atomic E-state index is 12.1. The van der Waals surface area contributed by atoms with Gasteiger partial charge < -0.3 is 5.11 Å². The van der Waals surface area contributed by atoms with E-state index in [-0.39, 0.29) is 17.2 Å². The Bertz CT molecular complexity index is 539. The van der Waals surface area contributed by atoms with Gasteiger partial charge in [-0.1, -0.05) is 13.8 Å². The minimum absolute atomic E-state index is 0.0722. The molecule has 7 heteroatoms. The first-order valence-electron chi connectivity index (χ1n) is 5.73. The van der Waals surface area contributed by atoms with Gasteiger partial charge in [0.15, 0.2) is 0 Å².